The van der Waals surface area contributed by atoms with Gasteiger partial charge in [0.05, 0.1) is 29.5 Å². The molecule has 5 heterocycles. The minimum absolute atomic E-state index is 0.00370. The highest BCUT2D eigenvalue weighted by molar-refractivity contribution is 6.33. The number of carbonyl (C=O) groups excluding carboxylic acids is 2. The Morgan fingerprint density at radius 1 is 1.18 bits per heavy atom. The fourth-order valence-corrected chi connectivity index (χ4v) is 9.36. The third-order valence-corrected chi connectivity index (χ3v) is 11.8. The zero-order valence-corrected chi connectivity index (χ0v) is 27.7. The summed E-state index contributed by atoms with van der Waals surface area (Å²) in [7, 11) is 0. The fraction of sp³-hybridized carbons (Fsp3) is 0.429. The quantitative estimate of drug-likeness (QED) is 0.300. The van der Waals surface area contributed by atoms with Crippen LogP contribution in [0.3, 0.4) is 0 Å². The molecule has 51 heavy (non-hydrogen) atoms. The molecule has 12 nitrogen and oxygen atoms in total. The Hall–Kier alpha value is -4.76. The molecule has 2 N–H and O–H groups in total. The Bertz CT molecular complexity index is 2250. The smallest absolute Gasteiger partial charge is 0.416 e. The number of rotatable bonds is 5. The van der Waals surface area contributed by atoms with Crippen molar-refractivity contribution in [2.24, 2.45) is 11.8 Å². The second-order valence-electron chi connectivity index (χ2n) is 14.0. The highest BCUT2D eigenvalue weighted by atomic mass is 35.5. The molecule has 5 aliphatic rings. The van der Waals surface area contributed by atoms with Crippen LogP contribution in [0.5, 0.6) is 5.75 Å². The first-order valence-electron chi connectivity index (χ1n) is 16.9. The van der Waals surface area contributed by atoms with E-state index in [-0.39, 0.29) is 69.7 Å². The number of aromatic nitrogens is 5. The Balaban J connectivity index is 1.12. The highest BCUT2D eigenvalue weighted by Crippen LogP contribution is 2.72. The molecule has 3 fully saturated rings. The van der Waals surface area contributed by atoms with Crippen molar-refractivity contribution in [1.29, 1.82) is 0 Å². The molecule has 2 amide bonds. The number of pyridine rings is 1. The van der Waals surface area contributed by atoms with E-state index in [2.05, 4.69) is 15.4 Å². The molecule has 0 radical (unpaired) electrons. The predicted molar refractivity (Wildman–Crippen MR) is 176 cm³/mol. The van der Waals surface area contributed by atoms with Gasteiger partial charge in [-0.15, -0.1) is 5.10 Å². The molecule has 16 heteroatoms. The van der Waals surface area contributed by atoms with Crippen LogP contribution in [0.2, 0.25) is 5.02 Å². The van der Waals surface area contributed by atoms with Crippen LogP contribution in [0.15, 0.2) is 47.4 Å². The van der Waals surface area contributed by atoms with Crippen LogP contribution in [0.4, 0.5) is 18.9 Å². The molecule has 1 aromatic carbocycles. The lowest BCUT2D eigenvalue weighted by molar-refractivity contribution is -0.137. The summed E-state index contributed by atoms with van der Waals surface area (Å²) in [6.45, 7) is 0.919. The number of benzene rings is 1. The van der Waals surface area contributed by atoms with Gasteiger partial charge in [-0.1, -0.05) is 17.7 Å². The van der Waals surface area contributed by atoms with Gasteiger partial charge in [-0.25, -0.2) is 4.98 Å². The van der Waals surface area contributed by atoms with Crippen molar-refractivity contribution in [1.82, 2.24) is 29.0 Å². The number of likely N-dealkylation sites (tertiary alicyclic amines) is 1. The van der Waals surface area contributed by atoms with Gasteiger partial charge in [-0.05, 0) is 79.8 Å². The molecule has 4 aromatic rings. The summed E-state index contributed by atoms with van der Waals surface area (Å²) >= 11 is 6.18. The predicted octanol–water partition coefficient (Wildman–Crippen LogP) is 4.79. The number of hydrogen-bond donors (Lipinski definition) is 2. The molecular weight excluding hydrogens is 691 g/mol. The van der Waals surface area contributed by atoms with Crippen molar-refractivity contribution in [3.8, 4) is 5.75 Å². The standard InChI is InChI=1S/C35H31ClF3N7O5/c36-22-14-18(35(37,38)39)3-5-23(22)41-26(48)16-45-29-19-15-21(19)34(27(29)31(49)46-33(45)42-30(43-46)17-7-12-51-13-8-17)9-11-44(24-6-4-20(24)34)32(50)28-25(47)2-1-10-40-28/h1-3,5,7,10,14,19-21,24,47H,4,6,8-9,11-13,15-16H2,(H,41,48). The second kappa shape index (κ2) is 11.4. The van der Waals surface area contributed by atoms with Crippen LogP contribution in [-0.2, 0) is 27.7 Å². The summed E-state index contributed by atoms with van der Waals surface area (Å²) in [5, 5.41) is 17.4. The summed E-state index contributed by atoms with van der Waals surface area (Å²) in [6, 6.07) is 5.56. The zero-order valence-electron chi connectivity index (χ0n) is 27.0. The molecule has 3 aromatic heterocycles. The van der Waals surface area contributed by atoms with Gasteiger partial charge in [-0.2, -0.15) is 22.7 Å². The monoisotopic (exact) mass is 721 g/mol. The van der Waals surface area contributed by atoms with Crippen LogP contribution < -0.4 is 10.9 Å². The van der Waals surface area contributed by atoms with E-state index in [0.29, 0.717) is 44.0 Å². The SMILES string of the molecule is O=C(Cn1c2c(c(=O)n3nc(C4=CCOCC4)nc13)C1(CCN(C(=O)c3ncccc3O)C3CCC31)C1CC21)Nc1ccc(C(F)(F)F)cc1Cl. The van der Waals surface area contributed by atoms with E-state index in [1.807, 2.05) is 6.08 Å². The second-order valence-corrected chi connectivity index (χ2v) is 14.4. The lowest BCUT2D eigenvalue weighted by Crippen LogP contribution is -2.64. The van der Waals surface area contributed by atoms with Gasteiger partial charge in [0.15, 0.2) is 11.5 Å². The topological polar surface area (TPSA) is 144 Å². The normalized spacial score (nSPS) is 26.3. The first-order chi connectivity index (χ1) is 24.5. The number of alkyl halides is 3. The van der Waals surface area contributed by atoms with Crippen LogP contribution in [-0.4, -0.2) is 71.8 Å². The van der Waals surface area contributed by atoms with Crippen molar-refractivity contribution >= 4 is 40.5 Å². The van der Waals surface area contributed by atoms with E-state index >= 15 is 0 Å². The zero-order chi connectivity index (χ0) is 35.4. The average molecular weight is 722 g/mol. The molecule has 1 saturated heterocycles. The third kappa shape index (κ3) is 4.84. The average Bonchev–Trinajstić information content (AvgIpc) is 3.67. The molecule has 5 unspecified atom stereocenters. The van der Waals surface area contributed by atoms with Crippen molar-refractivity contribution in [3.63, 3.8) is 0 Å². The number of fused-ring (bicyclic) bond motifs is 8. The summed E-state index contributed by atoms with van der Waals surface area (Å²) < 4.78 is 48.3. The van der Waals surface area contributed by atoms with Crippen molar-refractivity contribution in [2.45, 2.75) is 62.2 Å². The van der Waals surface area contributed by atoms with Crippen LogP contribution in [0, 0.1) is 11.8 Å². The number of hydrogen-bond acceptors (Lipinski definition) is 8. The van der Waals surface area contributed by atoms with E-state index in [1.165, 1.54) is 16.8 Å². The molecule has 9 rings (SSSR count). The lowest BCUT2D eigenvalue weighted by atomic mass is 9.54. The number of piperidine rings is 1. The molecular formula is C35H31ClF3N7O5. The van der Waals surface area contributed by atoms with Gasteiger partial charge in [0.1, 0.15) is 12.3 Å². The molecule has 1 spiro atoms. The van der Waals surface area contributed by atoms with E-state index in [9.17, 15) is 32.7 Å². The van der Waals surface area contributed by atoms with E-state index in [0.717, 1.165) is 48.7 Å². The van der Waals surface area contributed by atoms with Gasteiger partial charge in [0, 0.05) is 41.4 Å². The summed E-state index contributed by atoms with van der Waals surface area (Å²) in [5.74, 6) is -0.470. The van der Waals surface area contributed by atoms with Crippen LogP contribution in [0.25, 0.3) is 11.4 Å². The first kappa shape index (κ1) is 32.2. The number of nitrogens with one attached hydrogen (secondary N) is 1. The highest BCUT2D eigenvalue weighted by Gasteiger charge is 2.70. The van der Waals surface area contributed by atoms with Crippen LogP contribution in [0.1, 0.15) is 71.2 Å². The van der Waals surface area contributed by atoms with Gasteiger partial charge >= 0.3 is 6.18 Å². The van der Waals surface area contributed by atoms with E-state index in [1.54, 1.807) is 15.5 Å². The number of anilines is 1. The van der Waals surface area contributed by atoms with Crippen LogP contribution >= 0.6 is 11.6 Å². The largest absolute Gasteiger partial charge is 0.505 e. The lowest BCUT2D eigenvalue weighted by Gasteiger charge is -2.58. The molecule has 264 valence electrons. The van der Waals surface area contributed by atoms with Gasteiger partial charge in [-0.3, -0.25) is 14.4 Å². The van der Waals surface area contributed by atoms with E-state index in [4.69, 9.17) is 21.3 Å². The van der Waals surface area contributed by atoms with E-state index < -0.39 is 23.1 Å². The third-order valence-electron chi connectivity index (χ3n) is 11.5. The summed E-state index contributed by atoms with van der Waals surface area (Å²) in [4.78, 5) is 52.7. The Labute approximate surface area is 292 Å². The summed E-state index contributed by atoms with van der Waals surface area (Å²) in [5.41, 5.74) is 0.357. The minimum atomic E-state index is -4.60. The van der Waals surface area contributed by atoms with Gasteiger partial charge < -0.3 is 24.6 Å². The molecule has 2 aliphatic heterocycles. The maximum absolute atomic E-state index is 14.7. The maximum atomic E-state index is 14.7. The van der Waals surface area contributed by atoms with Gasteiger partial charge in [0.25, 0.3) is 11.5 Å². The summed E-state index contributed by atoms with van der Waals surface area (Å²) in [6.07, 6.45) is 2.14. The number of nitrogens with zero attached hydrogens (tertiary/aromatic N) is 6. The Kier molecular flexibility index (Phi) is 7.17. The number of halogens is 4. The van der Waals surface area contributed by atoms with Gasteiger partial charge in [0.2, 0.25) is 11.7 Å². The Morgan fingerprint density at radius 3 is 2.73 bits per heavy atom. The molecule has 2 saturated carbocycles. The number of amides is 2. The first-order valence-corrected chi connectivity index (χ1v) is 17.3. The fourth-order valence-electron chi connectivity index (χ4n) is 9.13. The number of carbonyl (C=O) groups is 2. The molecule has 0 bridgehead atoms. The number of ether oxygens (including phenoxy) is 1. The maximum Gasteiger partial charge on any atom is 0.416 e. The minimum Gasteiger partial charge on any atom is -0.505 e. The van der Waals surface area contributed by atoms with Crippen molar-refractivity contribution in [3.05, 3.63) is 86.3 Å². The van der Waals surface area contributed by atoms with Crippen molar-refractivity contribution < 1.29 is 32.6 Å². The Morgan fingerprint density at radius 2 is 2.02 bits per heavy atom. The van der Waals surface area contributed by atoms with Crippen molar-refractivity contribution in [2.75, 3.05) is 25.1 Å². The molecule has 3 aliphatic carbocycles. The molecule has 5 atom stereocenters. The number of aromatic hydroxyl groups is 1.